The van der Waals surface area contributed by atoms with E-state index in [0.717, 1.165) is 4.31 Å². The number of likely N-dealkylation sites (N-methyl/N-ethyl adjacent to an activating group) is 1. The molecule has 0 saturated carbocycles. The highest BCUT2D eigenvalue weighted by atomic mass is 32.2. The molecular formula is C15H22N2O6S. The van der Waals surface area contributed by atoms with Crippen LogP contribution in [0.1, 0.15) is 0 Å². The van der Waals surface area contributed by atoms with Crippen molar-refractivity contribution in [2.24, 2.45) is 0 Å². The van der Waals surface area contributed by atoms with Crippen LogP contribution >= 0.6 is 0 Å². The van der Waals surface area contributed by atoms with Gasteiger partial charge in [0.15, 0.2) is 11.5 Å². The van der Waals surface area contributed by atoms with Crippen LogP contribution in [-0.2, 0) is 19.6 Å². The van der Waals surface area contributed by atoms with Crippen LogP contribution in [0.15, 0.2) is 23.1 Å². The minimum Gasteiger partial charge on any atom is -0.493 e. The SMILES string of the molecule is COc1ccc(S(=O)(=O)N(C)CC(=O)N2CCOCC2)cc1OC. The summed E-state index contributed by atoms with van der Waals surface area (Å²) in [4.78, 5) is 13.9. The molecule has 8 nitrogen and oxygen atoms in total. The Morgan fingerprint density at radius 1 is 1.21 bits per heavy atom. The highest BCUT2D eigenvalue weighted by Gasteiger charge is 2.27. The second-order valence-electron chi connectivity index (χ2n) is 5.27. The first kappa shape index (κ1) is 18.5. The molecule has 0 aromatic heterocycles. The Morgan fingerprint density at radius 3 is 2.42 bits per heavy atom. The van der Waals surface area contributed by atoms with E-state index in [-0.39, 0.29) is 17.3 Å². The van der Waals surface area contributed by atoms with Gasteiger partial charge in [0.25, 0.3) is 0 Å². The Bertz CT molecular complexity index is 685. The average Bonchev–Trinajstić information content (AvgIpc) is 2.61. The van der Waals surface area contributed by atoms with E-state index in [1.165, 1.54) is 39.5 Å². The first-order valence-electron chi connectivity index (χ1n) is 7.44. The number of benzene rings is 1. The first-order valence-corrected chi connectivity index (χ1v) is 8.88. The van der Waals surface area contributed by atoms with Crippen LogP contribution in [0, 0.1) is 0 Å². The summed E-state index contributed by atoms with van der Waals surface area (Å²) in [6.45, 7) is 1.67. The van der Waals surface area contributed by atoms with Gasteiger partial charge in [-0.15, -0.1) is 0 Å². The van der Waals surface area contributed by atoms with Crippen molar-refractivity contribution in [3.05, 3.63) is 18.2 Å². The highest BCUT2D eigenvalue weighted by Crippen LogP contribution is 2.30. The van der Waals surface area contributed by atoms with E-state index in [0.29, 0.717) is 37.8 Å². The normalized spacial score (nSPS) is 15.4. The van der Waals surface area contributed by atoms with E-state index < -0.39 is 10.0 Å². The van der Waals surface area contributed by atoms with Crippen molar-refractivity contribution >= 4 is 15.9 Å². The number of hydrogen-bond donors (Lipinski definition) is 0. The maximum atomic E-state index is 12.7. The summed E-state index contributed by atoms with van der Waals surface area (Å²) in [5.41, 5.74) is 0. The van der Waals surface area contributed by atoms with Gasteiger partial charge in [-0.25, -0.2) is 8.42 Å². The second kappa shape index (κ2) is 7.82. The summed E-state index contributed by atoms with van der Waals surface area (Å²) in [5, 5.41) is 0. The first-order chi connectivity index (χ1) is 11.4. The lowest BCUT2D eigenvalue weighted by atomic mass is 10.3. The van der Waals surface area contributed by atoms with Crippen LogP contribution in [0.4, 0.5) is 0 Å². The highest BCUT2D eigenvalue weighted by molar-refractivity contribution is 7.89. The maximum Gasteiger partial charge on any atom is 0.243 e. The van der Waals surface area contributed by atoms with E-state index in [1.807, 2.05) is 0 Å². The predicted octanol–water partition coefficient (Wildman–Crippen LogP) is 0.183. The number of carbonyl (C=O) groups excluding carboxylic acids is 1. The zero-order valence-electron chi connectivity index (χ0n) is 14.0. The topological polar surface area (TPSA) is 85.4 Å². The van der Waals surface area contributed by atoms with E-state index in [1.54, 1.807) is 4.90 Å². The Hall–Kier alpha value is -1.84. The van der Waals surface area contributed by atoms with Crippen molar-refractivity contribution in [3.63, 3.8) is 0 Å². The third-order valence-corrected chi connectivity index (χ3v) is 5.58. The molecule has 134 valence electrons. The number of ether oxygens (including phenoxy) is 3. The number of sulfonamides is 1. The van der Waals surface area contributed by atoms with Crippen molar-refractivity contribution < 1.29 is 27.4 Å². The Morgan fingerprint density at radius 2 is 1.83 bits per heavy atom. The molecule has 0 bridgehead atoms. The second-order valence-corrected chi connectivity index (χ2v) is 7.32. The summed E-state index contributed by atoms with van der Waals surface area (Å²) in [5.74, 6) is 0.500. The molecule has 1 aromatic rings. The van der Waals surface area contributed by atoms with Crippen molar-refractivity contribution in [1.29, 1.82) is 0 Å². The smallest absolute Gasteiger partial charge is 0.243 e. The molecule has 0 unspecified atom stereocenters. The molecule has 0 spiro atoms. The largest absolute Gasteiger partial charge is 0.493 e. The molecule has 1 amide bonds. The van der Waals surface area contributed by atoms with Gasteiger partial charge < -0.3 is 19.1 Å². The standard InChI is InChI=1S/C15H22N2O6S/c1-16(11-15(18)17-6-8-23-9-7-17)24(19,20)12-4-5-13(21-2)14(10-12)22-3/h4-5,10H,6-9,11H2,1-3H3. The van der Waals surface area contributed by atoms with Crippen LogP contribution in [0.3, 0.4) is 0 Å². The molecule has 1 saturated heterocycles. The third-order valence-electron chi connectivity index (χ3n) is 3.78. The monoisotopic (exact) mass is 358 g/mol. The molecule has 0 aliphatic carbocycles. The molecule has 1 aromatic carbocycles. The molecule has 9 heteroatoms. The fourth-order valence-corrected chi connectivity index (χ4v) is 3.48. The van der Waals surface area contributed by atoms with Gasteiger partial charge >= 0.3 is 0 Å². The molecule has 1 aliphatic heterocycles. The molecule has 0 atom stereocenters. The third kappa shape index (κ3) is 3.97. The Kier molecular flexibility index (Phi) is 6.03. The summed E-state index contributed by atoms with van der Waals surface area (Å²) in [6.07, 6.45) is 0. The molecule has 1 heterocycles. The number of methoxy groups -OCH3 is 2. The van der Waals surface area contributed by atoms with E-state index >= 15 is 0 Å². The molecule has 1 aliphatic rings. The van der Waals surface area contributed by atoms with Gasteiger partial charge in [0.05, 0.1) is 38.9 Å². The fourth-order valence-electron chi connectivity index (χ4n) is 2.35. The van der Waals surface area contributed by atoms with E-state index in [9.17, 15) is 13.2 Å². The van der Waals surface area contributed by atoms with Gasteiger partial charge in [-0.1, -0.05) is 0 Å². The molecule has 24 heavy (non-hydrogen) atoms. The fraction of sp³-hybridized carbons (Fsp3) is 0.533. The molecule has 0 radical (unpaired) electrons. The number of morpholine rings is 1. The summed E-state index contributed by atoms with van der Waals surface area (Å²) < 4.78 is 41.8. The number of amides is 1. The van der Waals surface area contributed by atoms with Gasteiger partial charge in [-0.3, -0.25) is 4.79 Å². The Balaban J connectivity index is 2.15. The number of rotatable bonds is 6. The van der Waals surface area contributed by atoms with Gasteiger partial charge in [-0.05, 0) is 12.1 Å². The number of hydrogen-bond acceptors (Lipinski definition) is 6. The van der Waals surface area contributed by atoms with Crippen molar-refractivity contribution in [2.45, 2.75) is 4.90 Å². The van der Waals surface area contributed by atoms with Crippen molar-refractivity contribution in [3.8, 4) is 11.5 Å². The lowest BCUT2D eigenvalue weighted by molar-refractivity contribution is -0.135. The quantitative estimate of drug-likeness (QED) is 0.721. The van der Waals surface area contributed by atoms with Crippen LogP contribution in [0.5, 0.6) is 11.5 Å². The van der Waals surface area contributed by atoms with Gasteiger partial charge in [-0.2, -0.15) is 4.31 Å². The van der Waals surface area contributed by atoms with Gasteiger partial charge in [0, 0.05) is 26.2 Å². The Labute approximate surface area is 141 Å². The number of carbonyl (C=O) groups is 1. The molecule has 0 N–H and O–H groups in total. The minimum atomic E-state index is -3.81. The molecule has 2 rings (SSSR count). The lowest BCUT2D eigenvalue weighted by Crippen LogP contribution is -2.46. The average molecular weight is 358 g/mol. The molecular weight excluding hydrogens is 336 g/mol. The maximum absolute atomic E-state index is 12.7. The zero-order chi connectivity index (χ0) is 17.7. The van der Waals surface area contributed by atoms with Crippen LogP contribution in [0.2, 0.25) is 0 Å². The predicted molar refractivity (Wildman–Crippen MR) is 86.8 cm³/mol. The van der Waals surface area contributed by atoms with E-state index in [4.69, 9.17) is 14.2 Å². The number of nitrogens with zero attached hydrogens (tertiary/aromatic N) is 2. The molecule has 1 fully saturated rings. The lowest BCUT2D eigenvalue weighted by Gasteiger charge is -2.28. The van der Waals surface area contributed by atoms with Crippen LogP contribution in [0.25, 0.3) is 0 Å². The summed E-state index contributed by atoms with van der Waals surface area (Å²) in [7, 11) is 0.470. The van der Waals surface area contributed by atoms with Crippen molar-refractivity contribution in [1.82, 2.24) is 9.21 Å². The van der Waals surface area contributed by atoms with Crippen LogP contribution < -0.4 is 9.47 Å². The van der Waals surface area contributed by atoms with Crippen LogP contribution in [-0.4, -0.2) is 77.6 Å². The van der Waals surface area contributed by atoms with Gasteiger partial charge in [0.2, 0.25) is 15.9 Å². The summed E-state index contributed by atoms with van der Waals surface area (Å²) >= 11 is 0. The van der Waals surface area contributed by atoms with E-state index in [2.05, 4.69) is 0 Å². The minimum absolute atomic E-state index is 0.0393. The van der Waals surface area contributed by atoms with Crippen molar-refractivity contribution in [2.75, 3.05) is 54.1 Å². The summed E-state index contributed by atoms with van der Waals surface area (Å²) in [6, 6.07) is 4.32. The zero-order valence-corrected chi connectivity index (χ0v) is 14.8. The van der Waals surface area contributed by atoms with Gasteiger partial charge in [0.1, 0.15) is 0 Å².